The largest absolute Gasteiger partial charge is 0.496 e. The van der Waals surface area contributed by atoms with Crippen LogP contribution in [0.15, 0.2) is 42.5 Å². The van der Waals surface area contributed by atoms with Gasteiger partial charge in [0.1, 0.15) is 5.75 Å². The van der Waals surface area contributed by atoms with Crippen molar-refractivity contribution >= 4 is 21.6 Å². The summed E-state index contributed by atoms with van der Waals surface area (Å²) in [4.78, 5) is 11.7. The number of hydrogen-bond donors (Lipinski definition) is 3. The molecule has 122 valence electrons. The zero-order valence-electron chi connectivity index (χ0n) is 12.7. The number of hydrazine groups is 1. The number of anilines is 1. The number of benzene rings is 2. The second-order valence-electron chi connectivity index (χ2n) is 4.84. The predicted molar refractivity (Wildman–Crippen MR) is 88.6 cm³/mol. The fraction of sp³-hybridized carbons (Fsp3) is 0.133. The molecule has 2 aromatic rings. The highest BCUT2D eigenvalue weighted by Gasteiger charge is 2.12. The van der Waals surface area contributed by atoms with Crippen molar-refractivity contribution in [3.63, 3.8) is 0 Å². The zero-order chi connectivity index (χ0) is 17.0. The predicted octanol–water partition coefficient (Wildman–Crippen LogP) is 1.34. The number of nitrogen functional groups attached to an aromatic ring is 1. The Morgan fingerprint density at radius 3 is 2.43 bits per heavy atom. The number of ether oxygens (including phenoxy) is 1. The molecule has 0 aliphatic rings. The van der Waals surface area contributed by atoms with Crippen LogP contribution in [0, 0.1) is 0 Å². The number of amides is 1. The van der Waals surface area contributed by atoms with Gasteiger partial charge >= 0.3 is 0 Å². The van der Waals surface area contributed by atoms with Gasteiger partial charge in [-0.05, 0) is 35.4 Å². The summed E-state index contributed by atoms with van der Waals surface area (Å²) in [7, 11) is -1.90. The molecule has 23 heavy (non-hydrogen) atoms. The molecule has 2 aromatic carbocycles. The van der Waals surface area contributed by atoms with Crippen LogP contribution < -0.4 is 20.7 Å². The Balaban J connectivity index is 2.43. The fourth-order valence-electron chi connectivity index (χ4n) is 2.11. The average molecular weight is 335 g/mol. The lowest BCUT2D eigenvalue weighted by Gasteiger charge is -2.11. The van der Waals surface area contributed by atoms with Gasteiger partial charge in [0.05, 0.1) is 18.9 Å². The molecule has 0 fully saturated rings. The molecule has 0 bridgehead atoms. The fourth-order valence-corrected chi connectivity index (χ4v) is 2.67. The molecule has 0 heterocycles. The zero-order valence-corrected chi connectivity index (χ0v) is 13.5. The Labute approximate surface area is 134 Å². The first-order chi connectivity index (χ1) is 10.8. The maximum atomic E-state index is 11.7. The summed E-state index contributed by atoms with van der Waals surface area (Å²) in [5, 5.41) is 0. The van der Waals surface area contributed by atoms with Gasteiger partial charge in [-0.1, -0.05) is 18.2 Å². The Hall–Kier alpha value is -2.58. The molecule has 1 amide bonds. The number of methoxy groups -OCH3 is 1. The maximum Gasteiger partial charge on any atom is 0.268 e. The van der Waals surface area contributed by atoms with E-state index in [1.54, 1.807) is 36.4 Å². The third kappa shape index (κ3) is 4.21. The minimum atomic E-state index is -3.35. The van der Waals surface area contributed by atoms with Crippen LogP contribution in [0.2, 0.25) is 0 Å². The quantitative estimate of drug-likeness (QED) is 0.434. The molecule has 7 nitrogen and oxygen atoms in total. The molecule has 0 atom stereocenters. The Bertz CT molecular complexity index is 834. The average Bonchev–Trinajstić information content (AvgIpc) is 2.52. The lowest BCUT2D eigenvalue weighted by atomic mass is 10.0. The third-order valence-electron chi connectivity index (χ3n) is 3.08. The summed E-state index contributed by atoms with van der Waals surface area (Å²) in [5.74, 6) is 5.05. The van der Waals surface area contributed by atoms with Gasteiger partial charge in [-0.2, -0.15) is 0 Å². The van der Waals surface area contributed by atoms with Gasteiger partial charge in [-0.25, -0.2) is 14.3 Å². The lowest BCUT2D eigenvalue weighted by molar-refractivity contribution is 0.0950. The van der Waals surface area contributed by atoms with E-state index in [9.17, 15) is 13.2 Å². The molecule has 0 aliphatic carbocycles. The number of carbonyl (C=O) groups excluding carboxylic acids is 1. The van der Waals surface area contributed by atoms with Crippen LogP contribution in [0.5, 0.6) is 5.75 Å². The summed E-state index contributed by atoms with van der Waals surface area (Å²) in [6.45, 7) is 0. The van der Waals surface area contributed by atoms with Crippen molar-refractivity contribution in [3.8, 4) is 16.9 Å². The Kier molecular flexibility index (Phi) is 4.87. The topological polar surface area (TPSA) is 111 Å². The summed E-state index contributed by atoms with van der Waals surface area (Å²) in [6, 6.07) is 11.9. The molecule has 0 saturated heterocycles. The molecular formula is C15H17N3O4S. The Morgan fingerprint density at radius 2 is 1.83 bits per heavy atom. The van der Waals surface area contributed by atoms with Crippen LogP contribution in [0.3, 0.4) is 0 Å². The molecular weight excluding hydrogens is 318 g/mol. The van der Waals surface area contributed by atoms with Crippen molar-refractivity contribution in [1.82, 2.24) is 5.43 Å². The first kappa shape index (κ1) is 16.8. The molecule has 8 heteroatoms. The van der Waals surface area contributed by atoms with Crippen LogP contribution in [0.4, 0.5) is 5.69 Å². The van der Waals surface area contributed by atoms with E-state index >= 15 is 0 Å². The highest BCUT2D eigenvalue weighted by Crippen LogP contribution is 2.29. The van der Waals surface area contributed by atoms with Crippen LogP contribution in [0.25, 0.3) is 11.1 Å². The number of nitrogens with two attached hydrogens (primary N) is 1. The van der Waals surface area contributed by atoms with E-state index in [1.165, 1.54) is 7.11 Å². The molecule has 0 aromatic heterocycles. The summed E-state index contributed by atoms with van der Waals surface area (Å²) >= 11 is 0. The van der Waals surface area contributed by atoms with E-state index in [4.69, 9.17) is 10.6 Å². The second kappa shape index (κ2) is 6.67. The van der Waals surface area contributed by atoms with Gasteiger partial charge in [0, 0.05) is 5.69 Å². The molecule has 0 spiro atoms. The van der Waals surface area contributed by atoms with Crippen LogP contribution >= 0.6 is 0 Å². The lowest BCUT2D eigenvalue weighted by Crippen LogP contribution is -2.30. The summed E-state index contributed by atoms with van der Waals surface area (Å²) < 4.78 is 30.3. The van der Waals surface area contributed by atoms with Crippen molar-refractivity contribution < 1.29 is 17.9 Å². The minimum absolute atomic E-state index is 0.309. The van der Waals surface area contributed by atoms with Gasteiger partial charge in [0.25, 0.3) is 5.91 Å². The van der Waals surface area contributed by atoms with Crippen molar-refractivity contribution in [2.75, 3.05) is 18.1 Å². The van der Waals surface area contributed by atoms with Crippen molar-refractivity contribution in [3.05, 3.63) is 48.0 Å². The molecule has 0 radical (unpaired) electrons. The SMILES string of the molecule is COc1cc(-c2cccc(NS(C)(=O)=O)c2)ccc1C(=O)NN. The van der Waals surface area contributed by atoms with E-state index in [1.807, 2.05) is 6.07 Å². The molecule has 0 saturated carbocycles. The smallest absolute Gasteiger partial charge is 0.268 e. The molecule has 0 unspecified atom stereocenters. The van der Waals surface area contributed by atoms with Crippen LogP contribution in [-0.4, -0.2) is 27.7 Å². The highest BCUT2D eigenvalue weighted by molar-refractivity contribution is 7.92. The van der Waals surface area contributed by atoms with Crippen molar-refractivity contribution in [2.45, 2.75) is 0 Å². The van der Waals surface area contributed by atoms with E-state index in [-0.39, 0.29) is 0 Å². The van der Waals surface area contributed by atoms with Gasteiger partial charge in [-0.15, -0.1) is 0 Å². The minimum Gasteiger partial charge on any atom is -0.496 e. The van der Waals surface area contributed by atoms with Crippen LogP contribution in [-0.2, 0) is 10.0 Å². The van der Waals surface area contributed by atoms with Gasteiger partial charge < -0.3 is 4.74 Å². The number of carbonyl (C=O) groups is 1. The number of nitrogens with one attached hydrogen (secondary N) is 2. The molecule has 0 aliphatic heterocycles. The van der Waals surface area contributed by atoms with E-state index in [0.717, 1.165) is 17.4 Å². The summed E-state index contributed by atoms with van der Waals surface area (Å²) in [5.41, 5.74) is 4.36. The summed E-state index contributed by atoms with van der Waals surface area (Å²) in [6.07, 6.45) is 1.09. The normalized spacial score (nSPS) is 10.9. The maximum absolute atomic E-state index is 11.7. The first-order valence-corrected chi connectivity index (χ1v) is 8.50. The molecule has 4 N–H and O–H groups in total. The molecule has 2 rings (SSSR count). The third-order valence-corrected chi connectivity index (χ3v) is 3.68. The number of hydrogen-bond acceptors (Lipinski definition) is 5. The number of sulfonamides is 1. The highest BCUT2D eigenvalue weighted by atomic mass is 32.2. The van der Waals surface area contributed by atoms with Crippen molar-refractivity contribution in [1.29, 1.82) is 0 Å². The monoisotopic (exact) mass is 335 g/mol. The van der Waals surface area contributed by atoms with Gasteiger partial charge in [0.2, 0.25) is 10.0 Å². The number of rotatable bonds is 5. The second-order valence-corrected chi connectivity index (χ2v) is 6.59. The van der Waals surface area contributed by atoms with Gasteiger partial charge in [-0.3, -0.25) is 14.9 Å². The van der Waals surface area contributed by atoms with Gasteiger partial charge in [0.15, 0.2) is 0 Å². The standard InChI is InChI=1S/C15H17N3O4S/c1-22-14-9-11(6-7-13(14)15(19)17-16)10-4-3-5-12(8-10)18-23(2,20)21/h3-9,18H,16H2,1-2H3,(H,17,19). The Morgan fingerprint density at radius 1 is 1.13 bits per heavy atom. The van der Waals surface area contributed by atoms with E-state index in [2.05, 4.69) is 10.1 Å². The van der Waals surface area contributed by atoms with E-state index in [0.29, 0.717) is 17.0 Å². The van der Waals surface area contributed by atoms with Crippen molar-refractivity contribution in [2.24, 2.45) is 5.84 Å². The first-order valence-electron chi connectivity index (χ1n) is 6.61. The van der Waals surface area contributed by atoms with E-state index < -0.39 is 15.9 Å². The van der Waals surface area contributed by atoms with Crippen LogP contribution in [0.1, 0.15) is 10.4 Å².